The van der Waals surface area contributed by atoms with Crippen molar-refractivity contribution < 1.29 is 22.0 Å². The molecule has 0 aliphatic heterocycles. The van der Waals surface area contributed by atoms with Crippen molar-refractivity contribution in [3.05, 3.63) is 58.9 Å². The summed E-state index contributed by atoms with van der Waals surface area (Å²) in [6.07, 6.45) is 1.02. The highest BCUT2D eigenvalue weighted by atomic mass is 35.5. The van der Waals surface area contributed by atoms with Crippen LogP contribution in [0.25, 0.3) is 0 Å². The van der Waals surface area contributed by atoms with E-state index in [9.17, 15) is 22.0 Å². The van der Waals surface area contributed by atoms with Gasteiger partial charge in [-0.25, -0.2) is 13.8 Å². The maximum Gasteiger partial charge on any atom is 0.290 e. The van der Waals surface area contributed by atoms with E-state index < -0.39 is 43.2 Å². The van der Waals surface area contributed by atoms with Gasteiger partial charge in [0.1, 0.15) is 18.0 Å². The van der Waals surface area contributed by atoms with Crippen LogP contribution in [0.2, 0.25) is 5.02 Å². The van der Waals surface area contributed by atoms with E-state index in [1.54, 1.807) is 6.07 Å². The van der Waals surface area contributed by atoms with Gasteiger partial charge in [0, 0.05) is 24.2 Å². The minimum atomic E-state index is -4.25. The molecular formula is C19H19ClF2N6O3S2. The second kappa shape index (κ2) is 10.8. The quantitative estimate of drug-likeness (QED) is 0.304. The number of benzene rings is 2. The standard InChI is InChI=1S/C19H19ClF2N6O3S2/c1-2-23-5-6-24-17-7-11(20)3-4-15(17)27-18(29)12-8-14(22)16(9-13(12)21)28-33(30,31)19-25-10-26-32-19/h3-4,7-10,23-24,28H,2,5-6H2,1H3,(H,27,29). The average Bonchev–Trinajstić information content (AvgIpc) is 3.31. The molecule has 1 amide bonds. The number of hydrogen-bond acceptors (Lipinski definition) is 8. The van der Waals surface area contributed by atoms with E-state index in [0.717, 1.165) is 12.9 Å². The molecule has 0 unspecified atom stereocenters. The number of carbonyl (C=O) groups excluding carboxylic acids is 1. The van der Waals surface area contributed by atoms with E-state index in [2.05, 4.69) is 25.3 Å². The first-order valence-corrected chi connectivity index (χ1v) is 12.2. The summed E-state index contributed by atoms with van der Waals surface area (Å²) >= 11 is 6.59. The van der Waals surface area contributed by atoms with Gasteiger partial charge in [-0.3, -0.25) is 9.52 Å². The van der Waals surface area contributed by atoms with Crippen molar-refractivity contribution in [1.29, 1.82) is 0 Å². The summed E-state index contributed by atoms with van der Waals surface area (Å²) in [6, 6.07) is 5.84. The number of carbonyl (C=O) groups is 1. The zero-order valence-electron chi connectivity index (χ0n) is 17.2. The molecule has 0 aliphatic rings. The maximum absolute atomic E-state index is 14.6. The van der Waals surface area contributed by atoms with Crippen molar-refractivity contribution in [2.75, 3.05) is 35.0 Å². The van der Waals surface area contributed by atoms with E-state index in [-0.39, 0.29) is 0 Å². The van der Waals surface area contributed by atoms with Crippen LogP contribution in [0.4, 0.5) is 25.8 Å². The predicted octanol–water partition coefficient (Wildman–Crippen LogP) is 3.54. The van der Waals surface area contributed by atoms with Crippen LogP contribution in [0.15, 0.2) is 41.0 Å². The number of nitrogens with zero attached hydrogens (tertiary/aromatic N) is 2. The predicted molar refractivity (Wildman–Crippen MR) is 124 cm³/mol. The first-order chi connectivity index (χ1) is 15.7. The van der Waals surface area contributed by atoms with Crippen molar-refractivity contribution in [3.63, 3.8) is 0 Å². The molecule has 0 spiro atoms. The minimum absolute atomic E-state index is 0.307. The molecule has 0 radical (unpaired) electrons. The second-order valence-electron chi connectivity index (χ2n) is 6.55. The van der Waals surface area contributed by atoms with Crippen LogP contribution in [0.3, 0.4) is 0 Å². The van der Waals surface area contributed by atoms with Crippen molar-refractivity contribution in [3.8, 4) is 0 Å². The number of halogens is 3. The van der Waals surface area contributed by atoms with Crippen molar-refractivity contribution in [1.82, 2.24) is 14.7 Å². The van der Waals surface area contributed by atoms with Crippen LogP contribution < -0.4 is 20.7 Å². The van der Waals surface area contributed by atoms with Crippen LogP contribution in [-0.4, -0.2) is 43.3 Å². The molecule has 3 aromatic rings. The van der Waals surface area contributed by atoms with Gasteiger partial charge in [0.15, 0.2) is 0 Å². The van der Waals surface area contributed by atoms with Gasteiger partial charge < -0.3 is 16.0 Å². The molecule has 0 bridgehead atoms. The van der Waals surface area contributed by atoms with Crippen molar-refractivity contribution in [2.45, 2.75) is 11.3 Å². The van der Waals surface area contributed by atoms with Gasteiger partial charge in [-0.2, -0.15) is 12.8 Å². The molecule has 176 valence electrons. The zero-order chi connectivity index (χ0) is 24.0. The Labute approximate surface area is 197 Å². The third-order valence-electron chi connectivity index (χ3n) is 4.21. The lowest BCUT2D eigenvalue weighted by Crippen LogP contribution is -2.22. The third-order valence-corrected chi connectivity index (χ3v) is 6.85. The molecule has 1 heterocycles. The second-order valence-corrected chi connectivity index (χ2v) is 9.62. The van der Waals surface area contributed by atoms with Gasteiger partial charge in [-0.1, -0.05) is 18.5 Å². The monoisotopic (exact) mass is 516 g/mol. The number of anilines is 3. The molecule has 9 nitrogen and oxygen atoms in total. The average molecular weight is 517 g/mol. The zero-order valence-corrected chi connectivity index (χ0v) is 19.5. The highest BCUT2D eigenvalue weighted by Gasteiger charge is 2.23. The Bertz CT molecular complexity index is 1240. The van der Waals surface area contributed by atoms with Gasteiger partial charge in [-0.05, 0) is 42.3 Å². The molecule has 1 aromatic heterocycles. The number of nitrogens with one attached hydrogen (secondary N) is 4. The van der Waals surface area contributed by atoms with Crippen molar-refractivity contribution >= 4 is 56.1 Å². The number of likely N-dealkylation sites (N-methyl/N-ethyl adjacent to an activating group) is 1. The SMILES string of the molecule is CCNCCNc1cc(Cl)ccc1NC(=O)c1cc(F)c(NS(=O)(=O)c2ncns2)cc1F. The molecule has 0 saturated heterocycles. The fourth-order valence-corrected chi connectivity index (χ4v) is 4.51. The molecule has 3 rings (SSSR count). The van der Waals surface area contributed by atoms with Crippen LogP contribution in [0.5, 0.6) is 0 Å². The van der Waals surface area contributed by atoms with Crippen LogP contribution in [-0.2, 0) is 10.0 Å². The smallest absolute Gasteiger partial charge is 0.290 e. The lowest BCUT2D eigenvalue weighted by molar-refractivity contribution is 0.102. The first kappa shape index (κ1) is 24.8. The lowest BCUT2D eigenvalue weighted by Gasteiger charge is -2.15. The Hall–Kier alpha value is -2.87. The van der Waals surface area contributed by atoms with E-state index in [0.29, 0.717) is 53.2 Å². The highest BCUT2D eigenvalue weighted by molar-refractivity contribution is 7.94. The fraction of sp³-hybridized carbons (Fsp3) is 0.211. The molecule has 0 atom stereocenters. The Morgan fingerprint density at radius 3 is 2.58 bits per heavy atom. The number of sulfonamides is 1. The van der Waals surface area contributed by atoms with Crippen molar-refractivity contribution in [2.24, 2.45) is 0 Å². The van der Waals surface area contributed by atoms with Gasteiger partial charge in [0.05, 0.1) is 22.6 Å². The van der Waals surface area contributed by atoms with E-state index in [1.165, 1.54) is 12.1 Å². The summed E-state index contributed by atoms with van der Waals surface area (Å²) < 4.78 is 58.6. The largest absolute Gasteiger partial charge is 0.382 e. The summed E-state index contributed by atoms with van der Waals surface area (Å²) in [6.45, 7) is 3.94. The topological polar surface area (TPSA) is 125 Å². The van der Waals surface area contributed by atoms with Gasteiger partial charge in [0.25, 0.3) is 15.9 Å². The summed E-state index contributed by atoms with van der Waals surface area (Å²) in [5.41, 5.74) is -0.478. The molecular weight excluding hydrogens is 498 g/mol. The summed E-state index contributed by atoms with van der Waals surface area (Å²) in [7, 11) is -4.25. The van der Waals surface area contributed by atoms with Crippen LogP contribution >= 0.6 is 23.1 Å². The Morgan fingerprint density at radius 1 is 1.09 bits per heavy atom. The maximum atomic E-state index is 14.6. The number of rotatable bonds is 10. The molecule has 0 saturated carbocycles. The molecule has 4 N–H and O–H groups in total. The molecule has 0 fully saturated rings. The molecule has 0 aliphatic carbocycles. The molecule has 33 heavy (non-hydrogen) atoms. The van der Waals surface area contributed by atoms with Crippen LogP contribution in [0, 0.1) is 11.6 Å². The van der Waals surface area contributed by atoms with Gasteiger partial charge in [-0.15, -0.1) is 0 Å². The lowest BCUT2D eigenvalue weighted by atomic mass is 10.1. The molecule has 2 aromatic carbocycles. The number of hydrogen-bond donors (Lipinski definition) is 4. The van der Waals surface area contributed by atoms with Crippen LogP contribution in [0.1, 0.15) is 17.3 Å². The highest BCUT2D eigenvalue weighted by Crippen LogP contribution is 2.28. The van der Waals surface area contributed by atoms with E-state index in [1.807, 2.05) is 11.6 Å². The Balaban J connectivity index is 1.79. The fourth-order valence-electron chi connectivity index (χ4n) is 2.69. The minimum Gasteiger partial charge on any atom is -0.382 e. The van der Waals surface area contributed by atoms with Gasteiger partial charge in [0.2, 0.25) is 4.34 Å². The Kier molecular flexibility index (Phi) is 8.13. The number of aromatic nitrogens is 2. The van der Waals surface area contributed by atoms with E-state index in [4.69, 9.17) is 11.6 Å². The van der Waals surface area contributed by atoms with E-state index >= 15 is 0 Å². The summed E-state index contributed by atoms with van der Waals surface area (Å²) in [4.78, 5) is 16.2. The summed E-state index contributed by atoms with van der Waals surface area (Å²) in [5.74, 6) is -3.20. The summed E-state index contributed by atoms with van der Waals surface area (Å²) in [5, 5.41) is 9.17. The third kappa shape index (κ3) is 6.35. The number of amides is 1. The normalized spacial score (nSPS) is 11.3. The Morgan fingerprint density at radius 2 is 1.88 bits per heavy atom. The van der Waals surface area contributed by atoms with Gasteiger partial charge >= 0.3 is 0 Å². The first-order valence-electron chi connectivity index (χ1n) is 9.55. The molecule has 14 heteroatoms.